The van der Waals surface area contributed by atoms with Gasteiger partial charge < -0.3 is 10.6 Å². The van der Waals surface area contributed by atoms with E-state index in [1.165, 1.54) is 0 Å². The average molecular weight is 292 g/mol. The van der Waals surface area contributed by atoms with Crippen LogP contribution >= 0.6 is 0 Å². The molecule has 0 bridgehead atoms. The molecule has 0 amide bonds. The topological polar surface area (TPSA) is 44.9 Å². The van der Waals surface area contributed by atoms with Crippen molar-refractivity contribution in [3.63, 3.8) is 0 Å². The Morgan fingerprint density at radius 3 is 2.29 bits per heavy atom. The standard InChI is InChI=1S/C15H26N4.C2H6/c1-5-7-8-15(17-10-9-16)18-11-13(3)19(6-2)14(4)12-18;1-2/h8,10,13-14H,6,9,11-12,16H2,1-4H3;1-2H3/b15-8+,17-10-;. The summed E-state index contributed by atoms with van der Waals surface area (Å²) >= 11 is 0. The minimum absolute atomic E-state index is 0.455. The Hall–Kier alpha value is -1.31. The quantitative estimate of drug-likeness (QED) is 0.639. The Bertz CT molecular complexity index is 377. The van der Waals surface area contributed by atoms with E-state index in [1.807, 2.05) is 26.8 Å². The van der Waals surface area contributed by atoms with Crippen LogP contribution in [0.2, 0.25) is 0 Å². The molecule has 4 heteroatoms. The molecule has 1 aliphatic heterocycles. The number of hydrogen-bond donors (Lipinski definition) is 1. The summed E-state index contributed by atoms with van der Waals surface area (Å²) < 4.78 is 0. The normalized spacial score (nSPS) is 23.4. The van der Waals surface area contributed by atoms with Crippen LogP contribution in [0, 0.1) is 11.8 Å². The SMILES string of the molecule is CC.CC#C/C=C(\N=C/CN)N1CC(C)N(CC)C(C)C1. The van der Waals surface area contributed by atoms with E-state index >= 15 is 0 Å². The van der Waals surface area contributed by atoms with E-state index in [9.17, 15) is 0 Å². The van der Waals surface area contributed by atoms with Crippen LogP contribution in [0.5, 0.6) is 0 Å². The van der Waals surface area contributed by atoms with Gasteiger partial charge in [-0.05, 0) is 27.3 Å². The lowest BCUT2D eigenvalue weighted by Crippen LogP contribution is -2.55. The van der Waals surface area contributed by atoms with E-state index in [0.29, 0.717) is 18.6 Å². The van der Waals surface area contributed by atoms with E-state index in [2.05, 4.69) is 47.4 Å². The van der Waals surface area contributed by atoms with Gasteiger partial charge in [0.15, 0.2) is 0 Å². The lowest BCUT2D eigenvalue weighted by molar-refractivity contribution is 0.0605. The summed E-state index contributed by atoms with van der Waals surface area (Å²) in [4.78, 5) is 9.26. The monoisotopic (exact) mass is 292 g/mol. The van der Waals surface area contributed by atoms with Gasteiger partial charge >= 0.3 is 0 Å². The highest BCUT2D eigenvalue weighted by molar-refractivity contribution is 5.60. The minimum Gasteiger partial charge on any atom is -0.353 e. The van der Waals surface area contributed by atoms with Gasteiger partial charge in [0.2, 0.25) is 0 Å². The summed E-state index contributed by atoms with van der Waals surface area (Å²) in [7, 11) is 0. The molecule has 0 saturated carbocycles. The molecule has 2 N–H and O–H groups in total. The van der Waals surface area contributed by atoms with Gasteiger partial charge in [-0.1, -0.05) is 26.7 Å². The van der Waals surface area contributed by atoms with Crippen molar-refractivity contribution >= 4 is 6.21 Å². The zero-order chi connectivity index (χ0) is 16.3. The molecular formula is C17H32N4. The van der Waals surface area contributed by atoms with Gasteiger partial charge in [0.1, 0.15) is 5.82 Å². The van der Waals surface area contributed by atoms with Gasteiger partial charge in [-0.2, -0.15) is 0 Å². The summed E-state index contributed by atoms with van der Waals surface area (Å²) in [5, 5.41) is 0. The minimum atomic E-state index is 0.455. The molecule has 1 heterocycles. The fraction of sp³-hybridized carbons (Fsp3) is 0.706. The largest absolute Gasteiger partial charge is 0.353 e. The summed E-state index contributed by atoms with van der Waals surface area (Å²) in [5.74, 6) is 6.80. The molecule has 120 valence electrons. The Balaban J connectivity index is 0.00000191. The van der Waals surface area contributed by atoms with Crippen molar-refractivity contribution < 1.29 is 0 Å². The fourth-order valence-electron chi connectivity index (χ4n) is 2.66. The number of nitrogens with two attached hydrogens (primary N) is 1. The first-order valence-electron chi connectivity index (χ1n) is 7.99. The van der Waals surface area contributed by atoms with E-state index in [4.69, 9.17) is 5.73 Å². The molecule has 0 radical (unpaired) electrons. The number of nitrogens with zero attached hydrogens (tertiary/aromatic N) is 3. The molecule has 4 nitrogen and oxygen atoms in total. The molecule has 21 heavy (non-hydrogen) atoms. The maximum Gasteiger partial charge on any atom is 0.136 e. The summed E-state index contributed by atoms with van der Waals surface area (Å²) in [6.45, 7) is 16.1. The molecule has 0 aromatic carbocycles. The first-order chi connectivity index (χ1) is 10.1. The van der Waals surface area contributed by atoms with E-state index in [-0.39, 0.29) is 0 Å². The zero-order valence-corrected chi connectivity index (χ0v) is 14.6. The molecule has 0 aliphatic carbocycles. The second-order valence-electron chi connectivity index (χ2n) is 4.88. The van der Waals surface area contributed by atoms with Crippen LogP contribution in [0.3, 0.4) is 0 Å². The molecule has 1 rings (SSSR count). The van der Waals surface area contributed by atoms with Crippen LogP contribution in [0.4, 0.5) is 0 Å². The molecule has 1 aliphatic rings. The van der Waals surface area contributed by atoms with E-state index < -0.39 is 0 Å². The highest BCUT2D eigenvalue weighted by Gasteiger charge is 2.28. The summed E-state index contributed by atoms with van der Waals surface area (Å²) in [5.41, 5.74) is 5.49. The maximum absolute atomic E-state index is 5.49. The highest BCUT2D eigenvalue weighted by atomic mass is 15.3. The van der Waals surface area contributed by atoms with Crippen LogP contribution in [-0.4, -0.2) is 54.3 Å². The van der Waals surface area contributed by atoms with Crippen molar-refractivity contribution in [3.8, 4) is 11.8 Å². The molecule has 1 fully saturated rings. The van der Waals surface area contributed by atoms with Crippen molar-refractivity contribution in [1.29, 1.82) is 0 Å². The Labute approximate surface area is 131 Å². The molecule has 2 atom stereocenters. The van der Waals surface area contributed by atoms with Crippen LogP contribution < -0.4 is 5.73 Å². The van der Waals surface area contributed by atoms with Crippen LogP contribution in [-0.2, 0) is 0 Å². The maximum atomic E-state index is 5.49. The van der Waals surface area contributed by atoms with Gasteiger partial charge in [0, 0.05) is 44.0 Å². The average Bonchev–Trinajstić information content (AvgIpc) is 2.49. The van der Waals surface area contributed by atoms with Gasteiger partial charge in [0.05, 0.1) is 0 Å². The van der Waals surface area contributed by atoms with Crippen molar-refractivity contribution in [2.45, 2.75) is 53.6 Å². The summed E-state index contributed by atoms with van der Waals surface area (Å²) in [6.07, 6.45) is 3.62. The zero-order valence-electron chi connectivity index (χ0n) is 14.6. The molecular weight excluding hydrogens is 260 g/mol. The number of allylic oxidation sites excluding steroid dienone is 1. The number of aliphatic imine (C=N–C) groups is 1. The molecule has 0 aromatic heterocycles. The molecule has 0 spiro atoms. The van der Waals surface area contributed by atoms with Gasteiger partial charge in [-0.15, -0.1) is 5.92 Å². The Kier molecular flexibility index (Phi) is 10.7. The molecule has 1 saturated heterocycles. The Morgan fingerprint density at radius 1 is 1.29 bits per heavy atom. The number of piperazine rings is 1. The predicted molar refractivity (Wildman–Crippen MR) is 93.3 cm³/mol. The van der Waals surface area contributed by atoms with Crippen molar-refractivity contribution in [2.24, 2.45) is 10.7 Å². The lowest BCUT2D eigenvalue weighted by Gasteiger charge is -2.44. The second-order valence-corrected chi connectivity index (χ2v) is 4.88. The van der Waals surface area contributed by atoms with Gasteiger partial charge in [-0.25, -0.2) is 4.99 Å². The highest BCUT2D eigenvalue weighted by Crippen LogP contribution is 2.19. The van der Waals surface area contributed by atoms with Gasteiger partial charge in [-0.3, -0.25) is 4.90 Å². The molecule has 0 aromatic rings. The lowest BCUT2D eigenvalue weighted by atomic mass is 10.1. The van der Waals surface area contributed by atoms with E-state index in [1.54, 1.807) is 6.21 Å². The van der Waals surface area contributed by atoms with Crippen molar-refractivity contribution in [2.75, 3.05) is 26.2 Å². The third kappa shape index (κ3) is 6.33. The van der Waals surface area contributed by atoms with Crippen molar-refractivity contribution in [1.82, 2.24) is 9.80 Å². The first-order valence-corrected chi connectivity index (χ1v) is 7.99. The van der Waals surface area contributed by atoms with Crippen LogP contribution in [0.1, 0.15) is 41.5 Å². The third-order valence-corrected chi connectivity index (χ3v) is 3.47. The predicted octanol–water partition coefficient (Wildman–Crippen LogP) is 2.32. The number of hydrogen-bond acceptors (Lipinski definition) is 4. The van der Waals surface area contributed by atoms with Crippen LogP contribution in [0.25, 0.3) is 0 Å². The number of likely N-dealkylation sites (N-methyl/N-ethyl adjacent to an activating group) is 1. The summed E-state index contributed by atoms with van der Waals surface area (Å²) in [6, 6.07) is 1.06. The third-order valence-electron chi connectivity index (χ3n) is 3.47. The smallest absolute Gasteiger partial charge is 0.136 e. The Morgan fingerprint density at radius 2 is 1.86 bits per heavy atom. The van der Waals surface area contributed by atoms with Crippen LogP contribution in [0.15, 0.2) is 16.9 Å². The number of rotatable bonds is 4. The molecule has 2 unspecified atom stereocenters. The van der Waals surface area contributed by atoms with Gasteiger partial charge in [0.25, 0.3) is 0 Å². The fourth-order valence-corrected chi connectivity index (χ4v) is 2.66. The van der Waals surface area contributed by atoms with E-state index in [0.717, 1.165) is 25.5 Å². The van der Waals surface area contributed by atoms with Crippen molar-refractivity contribution in [3.05, 3.63) is 11.9 Å². The second kappa shape index (κ2) is 11.4. The first kappa shape index (κ1) is 19.7.